The summed E-state index contributed by atoms with van der Waals surface area (Å²) in [5.74, 6) is 1.81. The highest BCUT2D eigenvalue weighted by molar-refractivity contribution is 9.08. The highest BCUT2D eigenvalue weighted by atomic mass is 79.9. The molecule has 32 valence electrons. The summed E-state index contributed by atoms with van der Waals surface area (Å²) >= 11 is 2.94. The largest absolute Gasteiger partial charge is 0.181 e. The molecule has 0 atom stereocenters. The molecule has 0 aromatic rings. The second-order valence-electron chi connectivity index (χ2n) is 0.224. The number of alkyl halides is 1. The third-order valence-corrected chi connectivity index (χ3v) is 0.0500. The zero-order valence-corrected chi connectivity index (χ0v) is 4.86. The molecule has 0 saturated carbocycles. The Labute approximate surface area is 45.1 Å². The first-order valence-corrected chi connectivity index (χ1v) is 2.66. The van der Waals surface area contributed by atoms with Crippen molar-refractivity contribution in [2.45, 2.75) is 0 Å². The molecule has 3 heteroatoms. The van der Waals surface area contributed by atoms with Crippen LogP contribution in [0.2, 0.25) is 0 Å². The molecule has 0 aliphatic heterocycles. The second-order valence-corrected chi connectivity index (χ2v) is 0.224. The van der Waals surface area contributed by atoms with Gasteiger partial charge >= 0.3 is 0 Å². The van der Waals surface area contributed by atoms with Crippen molar-refractivity contribution in [3.8, 4) is 12.1 Å². The van der Waals surface area contributed by atoms with E-state index in [9.17, 15) is 0 Å². The Balaban J connectivity index is 0. The normalized spacial score (nSPS) is 2.67. The zero-order valence-electron chi connectivity index (χ0n) is 3.27. The van der Waals surface area contributed by atoms with Crippen LogP contribution in [-0.4, -0.2) is 5.83 Å². The summed E-state index contributed by atoms with van der Waals surface area (Å²) in [6.07, 6.45) is 0. The van der Waals surface area contributed by atoms with Crippen LogP contribution >= 0.6 is 15.9 Å². The van der Waals surface area contributed by atoms with Crippen molar-refractivity contribution in [3.63, 3.8) is 0 Å². The van der Waals surface area contributed by atoms with Crippen molar-refractivity contribution in [3.05, 3.63) is 0 Å². The van der Waals surface area contributed by atoms with Gasteiger partial charge in [-0.2, -0.15) is 10.5 Å². The molecule has 0 spiro atoms. The molecule has 0 amide bonds. The van der Waals surface area contributed by atoms with Gasteiger partial charge in [0.25, 0.3) is 0 Å². The second kappa shape index (κ2) is 25.0. The molecule has 0 radical (unpaired) electrons. The minimum Gasteiger partial charge on any atom is -0.181 e. The van der Waals surface area contributed by atoms with E-state index in [1.165, 1.54) is 12.1 Å². The van der Waals surface area contributed by atoms with E-state index in [2.05, 4.69) is 15.9 Å². The van der Waals surface area contributed by atoms with E-state index in [-0.39, 0.29) is 0 Å². The van der Waals surface area contributed by atoms with Gasteiger partial charge in [-0.25, -0.2) is 0 Å². The van der Waals surface area contributed by atoms with Gasteiger partial charge < -0.3 is 0 Å². The topological polar surface area (TPSA) is 47.6 Å². The van der Waals surface area contributed by atoms with Crippen molar-refractivity contribution >= 4 is 15.9 Å². The quantitative estimate of drug-likeness (QED) is 0.480. The van der Waals surface area contributed by atoms with Crippen molar-refractivity contribution < 1.29 is 0 Å². The Bertz CT molecular complexity index is 63.8. The molecule has 0 N–H and O–H groups in total. The van der Waals surface area contributed by atoms with Crippen LogP contribution in [0.1, 0.15) is 0 Å². The molecule has 0 aliphatic carbocycles. The van der Waals surface area contributed by atoms with Crippen LogP contribution in [0.25, 0.3) is 0 Å². The van der Waals surface area contributed by atoms with Gasteiger partial charge in [0.05, 0.1) is 0 Å². The molecule has 0 fully saturated rings. The van der Waals surface area contributed by atoms with E-state index < -0.39 is 0 Å². The van der Waals surface area contributed by atoms with E-state index in [0.29, 0.717) is 0 Å². The Hall–Kier alpha value is -0.540. The fraction of sp³-hybridized carbons (Fsp3) is 0.333. The lowest BCUT2D eigenvalue weighted by atomic mass is 10.9. The van der Waals surface area contributed by atoms with Gasteiger partial charge in [-0.1, -0.05) is 15.9 Å². The number of hydrogen-bond acceptors (Lipinski definition) is 2. The van der Waals surface area contributed by atoms with Crippen LogP contribution in [0.3, 0.4) is 0 Å². The van der Waals surface area contributed by atoms with Gasteiger partial charge in [-0.3, -0.25) is 0 Å². The van der Waals surface area contributed by atoms with Crippen LogP contribution in [0.15, 0.2) is 0 Å². The molecule has 0 heterocycles. The molecule has 2 nitrogen and oxygen atoms in total. The standard InChI is InChI=1S/C2N2.CH3Br/c3-1-2-4;1-2/h;1H3. The van der Waals surface area contributed by atoms with E-state index in [4.69, 9.17) is 10.5 Å². The lowest BCUT2D eigenvalue weighted by Crippen LogP contribution is -1.26. The summed E-state index contributed by atoms with van der Waals surface area (Å²) in [7, 11) is 0. The van der Waals surface area contributed by atoms with Crippen molar-refractivity contribution in [1.29, 1.82) is 10.5 Å². The van der Waals surface area contributed by atoms with E-state index in [1.54, 1.807) is 0 Å². The molecular weight excluding hydrogens is 144 g/mol. The summed E-state index contributed by atoms with van der Waals surface area (Å²) in [6.45, 7) is 0. The van der Waals surface area contributed by atoms with Crippen molar-refractivity contribution in [2.75, 3.05) is 5.83 Å². The first-order valence-electron chi connectivity index (χ1n) is 1.08. The van der Waals surface area contributed by atoms with Crippen molar-refractivity contribution in [1.82, 2.24) is 0 Å². The van der Waals surface area contributed by atoms with Crippen LogP contribution in [0.4, 0.5) is 0 Å². The van der Waals surface area contributed by atoms with E-state index in [1.807, 2.05) is 5.83 Å². The van der Waals surface area contributed by atoms with Gasteiger partial charge in [-0.05, 0) is 5.83 Å². The Morgan fingerprint density at radius 3 is 1.33 bits per heavy atom. The maximum absolute atomic E-state index is 7.26. The first-order chi connectivity index (χ1) is 2.91. The lowest BCUT2D eigenvalue weighted by Gasteiger charge is -1.16. The van der Waals surface area contributed by atoms with Gasteiger partial charge in [0.15, 0.2) is 12.1 Å². The maximum Gasteiger partial charge on any atom is 0.181 e. The van der Waals surface area contributed by atoms with Crippen LogP contribution in [0, 0.1) is 22.7 Å². The van der Waals surface area contributed by atoms with Crippen LogP contribution in [-0.2, 0) is 0 Å². The summed E-state index contributed by atoms with van der Waals surface area (Å²) in [6, 6.07) is 2.47. The molecule has 0 aliphatic rings. The third kappa shape index (κ3) is 99.0. The number of halogens is 1. The SMILES string of the molecule is CBr.N#CC#N. The average Bonchev–Trinajstić information content (AvgIpc) is 1.72. The van der Waals surface area contributed by atoms with E-state index in [0.717, 1.165) is 0 Å². The Kier molecular flexibility index (Phi) is 37.9. The summed E-state index contributed by atoms with van der Waals surface area (Å²) in [5.41, 5.74) is 0. The first kappa shape index (κ1) is 9.07. The molecular formula is C3H3BrN2. The molecule has 0 aromatic carbocycles. The van der Waals surface area contributed by atoms with Crippen LogP contribution in [0.5, 0.6) is 0 Å². The van der Waals surface area contributed by atoms with Gasteiger partial charge in [0.1, 0.15) is 0 Å². The predicted octanol–water partition coefficient (Wildman–Crippen LogP) is 1.04. The van der Waals surface area contributed by atoms with Crippen molar-refractivity contribution in [2.24, 2.45) is 0 Å². The summed E-state index contributed by atoms with van der Waals surface area (Å²) in [5, 5.41) is 14.5. The highest BCUT2D eigenvalue weighted by Gasteiger charge is 1.39. The number of hydrogen-bond donors (Lipinski definition) is 0. The van der Waals surface area contributed by atoms with Crippen LogP contribution < -0.4 is 0 Å². The van der Waals surface area contributed by atoms with E-state index >= 15 is 0 Å². The number of rotatable bonds is 0. The predicted molar refractivity (Wildman–Crippen MR) is 26.1 cm³/mol. The minimum absolute atomic E-state index is 1.24. The highest BCUT2D eigenvalue weighted by Crippen LogP contribution is 1.45. The molecule has 0 rings (SSSR count). The number of nitrogens with zero attached hydrogens (tertiary/aromatic N) is 2. The fourth-order valence-electron chi connectivity index (χ4n) is 0. The molecule has 0 unspecified atom stereocenters. The third-order valence-electron chi connectivity index (χ3n) is 0.0500. The average molecular weight is 147 g/mol. The van der Waals surface area contributed by atoms with Gasteiger partial charge in [0, 0.05) is 0 Å². The summed E-state index contributed by atoms with van der Waals surface area (Å²) < 4.78 is 0. The van der Waals surface area contributed by atoms with Gasteiger partial charge in [0.2, 0.25) is 0 Å². The number of nitriles is 2. The summed E-state index contributed by atoms with van der Waals surface area (Å²) in [4.78, 5) is 0. The fourth-order valence-corrected chi connectivity index (χ4v) is 0. The molecule has 6 heavy (non-hydrogen) atoms. The molecule has 0 saturated heterocycles. The molecule has 0 aromatic heterocycles. The monoisotopic (exact) mass is 146 g/mol. The molecule has 0 bridgehead atoms. The maximum atomic E-state index is 7.26. The minimum atomic E-state index is 1.24. The smallest absolute Gasteiger partial charge is 0.181 e. The Morgan fingerprint density at radius 2 is 1.33 bits per heavy atom. The van der Waals surface area contributed by atoms with Gasteiger partial charge in [-0.15, -0.1) is 0 Å². The zero-order chi connectivity index (χ0) is 5.41. The Morgan fingerprint density at radius 1 is 1.17 bits per heavy atom. The lowest BCUT2D eigenvalue weighted by molar-refractivity contribution is 1.49.